The van der Waals surface area contributed by atoms with E-state index in [1.165, 1.54) is 11.0 Å². The maximum absolute atomic E-state index is 13.0. The van der Waals surface area contributed by atoms with Crippen LogP contribution in [0.2, 0.25) is 0 Å². The second kappa shape index (κ2) is 8.63. The summed E-state index contributed by atoms with van der Waals surface area (Å²) in [5, 5.41) is 5.48. The van der Waals surface area contributed by atoms with Crippen LogP contribution in [0, 0.1) is 0 Å². The van der Waals surface area contributed by atoms with Crippen molar-refractivity contribution in [3.63, 3.8) is 0 Å². The summed E-state index contributed by atoms with van der Waals surface area (Å²) in [6.45, 7) is 5.55. The number of carbonyl (C=O) groups is 1. The third-order valence-corrected chi connectivity index (χ3v) is 5.60. The zero-order valence-electron chi connectivity index (χ0n) is 17.6. The highest BCUT2D eigenvalue weighted by Crippen LogP contribution is 2.30. The van der Waals surface area contributed by atoms with Gasteiger partial charge in [-0.15, -0.1) is 0 Å². The molecule has 7 nitrogen and oxygen atoms in total. The van der Waals surface area contributed by atoms with E-state index in [0.29, 0.717) is 17.0 Å². The van der Waals surface area contributed by atoms with Crippen LogP contribution in [0.15, 0.2) is 73.7 Å². The zero-order chi connectivity index (χ0) is 21.9. The van der Waals surface area contributed by atoms with Crippen molar-refractivity contribution < 1.29 is 9.53 Å². The number of hydrogen-bond acceptors (Lipinski definition) is 5. The molecule has 0 N–H and O–H groups in total. The highest BCUT2D eigenvalue weighted by Gasteiger charge is 2.24. The molecule has 4 aromatic rings. The number of amides is 1. The number of fused-ring (bicyclic) bond motifs is 1. The predicted octanol–water partition coefficient (Wildman–Crippen LogP) is 4.77. The molecule has 0 atom stereocenters. The number of hydrogen-bond donors (Lipinski definition) is 0. The summed E-state index contributed by atoms with van der Waals surface area (Å²) >= 11 is 0. The summed E-state index contributed by atoms with van der Waals surface area (Å²) in [5.41, 5.74) is 2.43. The van der Waals surface area contributed by atoms with Crippen LogP contribution >= 0.6 is 0 Å². The molecule has 1 amide bonds. The second-order valence-electron chi connectivity index (χ2n) is 7.76. The first-order valence-corrected chi connectivity index (χ1v) is 10.7. The first kappa shape index (κ1) is 19.9. The number of rotatable bonds is 5. The van der Waals surface area contributed by atoms with Gasteiger partial charge in [0.25, 0.3) is 5.91 Å². The summed E-state index contributed by atoms with van der Waals surface area (Å²) in [6.07, 6.45) is 6.36. The minimum Gasteiger partial charge on any atom is -0.457 e. The van der Waals surface area contributed by atoms with E-state index in [-0.39, 0.29) is 5.91 Å². The zero-order valence-corrected chi connectivity index (χ0v) is 17.6. The number of nitrogens with zero attached hydrogens (tertiary/aromatic N) is 5. The van der Waals surface area contributed by atoms with Crippen molar-refractivity contribution in [1.29, 1.82) is 0 Å². The van der Waals surface area contributed by atoms with Crippen LogP contribution < -0.4 is 4.74 Å². The van der Waals surface area contributed by atoms with Gasteiger partial charge in [0.2, 0.25) is 0 Å². The molecule has 0 radical (unpaired) electrons. The van der Waals surface area contributed by atoms with Crippen molar-refractivity contribution >= 4 is 22.6 Å². The van der Waals surface area contributed by atoms with Crippen LogP contribution in [0.25, 0.3) is 28.0 Å². The fourth-order valence-electron chi connectivity index (χ4n) is 3.94. The van der Waals surface area contributed by atoms with Crippen LogP contribution in [0.4, 0.5) is 0 Å². The van der Waals surface area contributed by atoms with E-state index >= 15 is 0 Å². The molecule has 1 aliphatic rings. The number of benzene rings is 2. The quantitative estimate of drug-likeness (QED) is 0.431. The molecule has 0 saturated carbocycles. The normalized spacial score (nSPS) is 13.8. The molecule has 2 aromatic carbocycles. The number of ether oxygens (including phenoxy) is 1. The minimum atomic E-state index is -0.106. The molecule has 1 aliphatic heterocycles. The average Bonchev–Trinajstić information content (AvgIpc) is 3.24. The molecular weight excluding hydrogens is 402 g/mol. The number of aromatic nitrogens is 4. The van der Waals surface area contributed by atoms with Gasteiger partial charge in [-0.1, -0.05) is 24.8 Å². The van der Waals surface area contributed by atoms with Gasteiger partial charge in [0.15, 0.2) is 5.65 Å². The Labute approximate surface area is 186 Å². The van der Waals surface area contributed by atoms with E-state index in [1.807, 2.05) is 59.5 Å². The third kappa shape index (κ3) is 3.85. The molecule has 2 aromatic heterocycles. The van der Waals surface area contributed by atoms with Crippen molar-refractivity contribution in [1.82, 2.24) is 24.6 Å². The van der Waals surface area contributed by atoms with Crippen LogP contribution in [0.1, 0.15) is 19.3 Å². The van der Waals surface area contributed by atoms with Gasteiger partial charge in [-0.3, -0.25) is 4.79 Å². The molecule has 0 bridgehead atoms. The van der Waals surface area contributed by atoms with Crippen molar-refractivity contribution in [2.24, 2.45) is 0 Å². The lowest BCUT2D eigenvalue weighted by molar-refractivity contribution is -0.126. The lowest BCUT2D eigenvalue weighted by Gasteiger charge is -2.27. The van der Waals surface area contributed by atoms with Crippen molar-refractivity contribution in [3.8, 4) is 22.8 Å². The van der Waals surface area contributed by atoms with Gasteiger partial charge in [0, 0.05) is 24.8 Å². The molecule has 0 aliphatic carbocycles. The van der Waals surface area contributed by atoms with E-state index in [4.69, 9.17) is 9.84 Å². The summed E-state index contributed by atoms with van der Waals surface area (Å²) < 4.78 is 7.42. The Morgan fingerprint density at radius 1 is 0.938 bits per heavy atom. The smallest absolute Gasteiger partial charge is 0.271 e. The molecule has 0 spiro atoms. The SMILES string of the molecule is C=C(C(=O)N1CCCCC1)n1nc(-c2ccc(Oc3ccccc3)cc2)c2cncnc21. The molecule has 3 heterocycles. The van der Waals surface area contributed by atoms with E-state index in [1.54, 1.807) is 6.20 Å². The van der Waals surface area contributed by atoms with Gasteiger partial charge in [0.05, 0.1) is 5.39 Å². The predicted molar refractivity (Wildman–Crippen MR) is 123 cm³/mol. The van der Waals surface area contributed by atoms with Gasteiger partial charge in [-0.05, 0) is 55.7 Å². The molecule has 0 unspecified atom stereocenters. The largest absolute Gasteiger partial charge is 0.457 e. The Kier molecular flexibility index (Phi) is 5.37. The number of piperidine rings is 1. The van der Waals surface area contributed by atoms with Crippen molar-refractivity contribution in [2.45, 2.75) is 19.3 Å². The van der Waals surface area contributed by atoms with Crippen LogP contribution in [0.5, 0.6) is 11.5 Å². The monoisotopic (exact) mass is 425 g/mol. The van der Waals surface area contributed by atoms with Crippen molar-refractivity contribution in [2.75, 3.05) is 13.1 Å². The maximum Gasteiger partial charge on any atom is 0.271 e. The fraction of sp³-hybridized carbons (Fsp3) is 0.200. The summed E-state index contributed by atoms with van der Waals surface area (Å²) in [7, 11) is 0. The Morgan fingerprint density at radius 2 is 1.66 bits per heavy atom. The van der Waals surface area contributed by atoms with E-state index in [2.05, 4.69) is 16.5 Å². The molecule has 7 heteroatoms. The Bertz CT molecular complexity index is 1260. The van der Waals surface area contributed by atoms with Gasteiger partial charge in [-0.25, -0.2) is 14.6 Å². The fourth-order valence-corrected chi connectivity index (χ4v) is 3.94. The van der Waals surface area contributed by atoms with E-state index < -0.39 is 0 Å². The van der Waals surface area contributed by atoms with Crippen LogP contribution in [0.3, 0.4) is 0 Å². The lowest BCUT2D eigenvalue weighted by Crippen LogP contribution is -2.37. The molecule has 1 saturated heterocycles. The third-order valence-electron chi connectivity index (χ3n) is 5.60. The molecule has 32 heavy (non-hydrogen) atoms. The minimum absolute atomic E-state index is 0.106. The van der Waals surface area contributed by atoms with Gasteiger partial charge in [0.1, 0.15) is 29.2 Å². The Balaban J connectivity index is 1.46. The molecule has 5 rings (SSSR count). The average molecular weight is 425 g/mol. The summed E-state index contributed by atoms with van der Waals surface area (Å²) in [4.78, 5) is 23.4. The van der Waals surface area contributed by atoms with E-state index in [9.17, 15) is 4.79 Å². The van der Waals surface area contributed by atoms with Crippen molar-refractivity contribution in [3.05, 3.63) is 73.7 Å². The highest BCUT2D eigenvalue weighted by atomic mass is 16.5. The molecular formula is C25H23N5O2. The summed E-state index contributed by atoms with van der Waals surface area (Å²) in [5.74, 6) is 1.39. The first-order chi connectivity index (χ1) is 15.7. The molecule has 1 fully saturated rings. The van der Waals surface area contributed by atoms with E-state index in [0.717, 1.165) is 54.8 Å². The lowest BCUT2D eigenvalue weighted by atomic mass is 10.1. The van der Waals surface area contributed by atoms with Crippen LogP contribution in [-0.2, 0) is 4.79 Å². The van der Waals surface area contributed by atoms with Gasteiger partial charge < -0.3 is 9.64 Å². The van der Waals surface area contributed by atoms with Gasteiger partial charge in [-0.2, -0.15) is 5.10 Å². The Morgan fingerprint density at radius 3 is 2.41 bits per heavy atom. The van der Waals surface area contributed by atoms with Gasteiger partial charge >= 0.3 is 0 Å². The summed E-state index contributed by atoms with van der Waals surface area (Å²) in [6, 6.07) is 17.3. The maximum atomic E-state index is 13.0. The topological polar surface area (TPSA) is 73.1 Å². The Hall–Kier alpha value is -4.00. The number of likely N-dealkylation sites (tertiary alicyclic amines) is 1. The number of carbonyl (C=O) groups excluding carboxylic acids is 1. The standard InChI is InChI=1S/C25H23N5O2/c1-18(25(31)29-14-6-3-7-15-29)30-24-22(16-26-17-27-24)23(28-30)19-10-12-21(13-11-19)32-20-8-4-2-5-9-20/h2,4-5,8-13,16-17H,1,3,6-7,14-15H2. The highest BCUT2D eigenvalue weighted by molar-refractivity contribution is 6.14. The molecule has 160 valence electrons. The first-order valence-electron chi connectivity index (χ1n) is 10.7. The number of para-hydroxylation sites is 1. The van der Waals surface area contributed by atoms with Crippen LogP contribution in [-0.4, -0.2) is 43.6 Å². The second-order valence-corrected chi connectivity index (χ2v) is 7.76.